The Bertz CT molecular complexity index is 479. The Morgan fingerprint density at radius 3 is 2.55 bits per heavy atom. The van der Waals surface area contributed by atoms with Crippen LogP contribution in [0.15, 0.2) is 24.3 Å². The molecule has 0 aliphatic rings. The second-order valence-electron chi connectivity index (χ2n) is 4.99. The molecule has 1 aromatic carbocycles. The summed E-state index contributed by atoms with van der Waals surface area (Å²) in [6, 6.07) is 7.02. The molecule has 0 bridgehead atoms. The third-order valence-corrected chi connectivity index (χ3v) is 3.13. The first-order valence-corrected chi connectivity index (χ1v) is 7.48. The van der Waals surface area contributed by atoms with Crippen molar-refractivity contribution in [2.75, 3.05) is 32.1 Å². The van der Waals surface area contributed by atoms with Crippen molar-refractivity contribution in [3.05, 3.63) is 29.8 Å². The third-order valence-electron chi connectivity index (χ3n) is 3.13. The van der Waals surface area contributed by atoms with Crippen molar-refractivity contribution in [1.82, 2.24) is 10.6 Å². The summed E-state index contributed by atoms with van der Waals surface area (Å²) in [4.78, 5) is 23.6. The number of hydrogen-bond acceptors (Lipinski definition) is 4. The lowest BCUT2D eigenvalue weighted by Gasteiger charge is -2.14. The zero-order valence-electron chi connectivity index (χ0n) is 13.4. The van der Waals surface area contributed by atoms with Gasteiger partial charge < -0.3 is 20.7 Å². The van der Waals surface area contributed by atoms with E-state index >= 15 is 0 Å². The summed E-state index contributed by atoms with van der Waals surface area (Å²) in [6.07, 6.45) is 0.953. The van der Waals surface area contributed by atoms with E-state index in [-0.39, 0.29) is 18.4 Å². The quantitative estimate of drug-likeness (QED) is 0.424. The molecule has 0 spiro atoms. The molecule has 2 amide bonds. The van der Waals surface area contributed by atoms with Crippen LogP contribution in [0.1, 0.15) is 12.5 Å². The number of likely N-dealkylation sites (N-methyl/N-ethyl adjacent to an activating group) is 1. The van der Waals surface area contributed by atoms with Crippen LogP contribution in [-0.2, 0) is 20.6 Å². The summed E-state index contributed by atoms with van der Waals surface area (Å²) < 4.78 is 5.15. The molecule has 0 saturated carbocycles. The molecule has 1 unspecified atom stereocenters. The molecule has 0 fully saturated rings. The average molecular weight is 305 g/mol. The second-order valence-corrected chi connectivity index (χ2v) is 4.99. The lowest BCUT2D eigenvalue weighted by molar-refractivity contribution is -0.129. The van der Waals surface area contributed by atoms with Crippen molar-refractivity contribution in [2.45, 2.75) is 19.3 Å². The van der Waals surface area contributed by atoms with Crippen LogP contribution < -0.4 is 16.0 Å². The molecule has 0 radical (unpaired) electrons. The van der Waals surface area contributed by atoms with E-state index in [4.69, 9.17) is 4.74 Å². The van der Waals surface area contributed by atoms with Crippen LogP contribution in [0.3, 0.4) is 0 Å². The minimum atomic E-state index is -0.619. The molecule has 0 aliphatic carbocycles. The summed E-state index contributed by atoms with van der Waals surface area (Å²) >= 11 is 0. The van der Waals surface area contributed by atoms with Gasteiger partial charge in [0.15, 0.2) is 0 Å². The molecule has 22 heavy (non-hydrogen) atoms. The lowest BCUT2D eigenvalue weighted by Crippen LogP contribution is -2.43. The molecule has 1 atom stereocenters. The number of rotatable bonds is 9. The van der Waals surface area contributed by atoms with Crippen LogP contribution in [0.2, 0.25) is 0 Å². The molecular weight excluding hydrogens is 281 g/mol. The highest BCUT2D eigenvalue weighted by Gasteiger charge is 2.15. The number of anilines is 1. The van der Waals surface area contributed by atoms with Crippen molar-refractivity contribution in [1.29, 1.82) is 0 Å². The first kappa shape index (κ1) is 18.2. The van der Waals surface area contributed by atoms with Crippen LogP contribution in [0, 0.1) is 0 Å². The molecule has 0 aliphatic heterocycles. The average Bonchev–Trinajstić information content (AvgIpc) is 2.52. The Labute approximate surface area is 132 Å². The summed E-state index contributed by atoms with van der Waals surface area (Å²) in [5.74, 6) is -0.562. The molecule has 7 heteroatoms. The number of ether oxygens (including phenoxy) is 1. The number of carbonyl (C=O) groups excluding carboxylic acids is 2. The van der Waals surface area contributed by atoms with Gasteiger partial charge >= 0.3 is 0 Å². The van der Waals surface area contributed by atoms with E-state index in [0.717, 1.165) is 6.32 Å². The van der Waals surface area contributed by atoms with Crippen LogP contribution in [-0.4, -0.2) is 52.5 Å². The predicted molar refractivity (Wildman–Crippen MR) is 89.7 cm³/mol. The molecule has 3 N–H and O–H groups in total. The van der Waals surface area contributed by atoms with Crippen molar-refractivity contribution < 1.29 is 14.3 Å². The molecule has 0 heterocycles. The largest absolute Gasteiger partial charge is 0.370 e. The van der Waals surface area contributed by atoms with Crippen LogP contribution in [0.25, 0.3) is 0 Å². The smallest absolute Gasteiger partial charge is 0.246 e. The first-order valence-electron chi connectivity index (χ1n) is 7.48. The van der Waals surface area contributed by atoms with E-state index in [1.54, 1.807) is 6.92 Å². The van der Waals surface area contributed by atoms with Gasteiger partial charge in [-0.2, -0.15) is 0 Å². The minimum absolute atomic E-state index is 0.0511. The number of nitrogens with one attached hydrogen (secondary N) is 3. The zero-order valence-corrected chi connectivity index (χ0v) is 13.4. The van der Waals surface area contributed by atoms with Crippen molar-refractivity contribution >= 4 is 25.3 Å². The minimum Gasteiger partial charge on any atom is -0.370 e. The lowest BCUT2D eigenvalue weighted by atomic mass is 9.97. The fourth-order valence-corrected chi connectivity index (χ4v) is 1.76. The van der Waals surface area contributed by atoms with Gasteiger partial charge in [-0.15, -0.1) is 0 Å². The third kappa shape index (κ3) is 6.73. The molecule has 6 nitrogen and oxygen atoms in total. The fraction of sp³-hybridized carbons (Fsp3) is 0.467. The maximum absolute atomic E-state index is 12.0. The molecule has 1 rings (SSSR count). The molecular formula is C15H24BN3O3. The summed E-state index contributed by atoms with van der Waals surface area (Å²) in [5, 5.41) is 8.29. The van der Waals surface area contributed by atoms with Gasteiger partial charge in [-0.25, -0.2) is 0 Å². The van der Waals surface area contributed by atoms with Gasteiger partial charge in [-0.05, 0) is 26.1 Å². The topological polar surface area (TPSA) is 79.5 Å². The number of amides is 2. The van der Waals surface area contributed by atoms with E-state index in [2.05, 4.69) is 23.8 Å². The zero-order chi connectivity index (χ0) is 16.4. The molecule has 1 aromatic rings. The fourth-order valence-electron chi connectivity index (χ4n) is 1.76. The highest BCUT2D eigenvalue weighted by molar-refractivity contribution is 6.08. The van der Waals surface area contributed by atoms with E-state index < -0.39 is 6.04 Å². The van der Waals surface area contributed by atoms with Crippen LogP contribution in [0.4, 0.5) is 5.69 Å². The van der Waals surface area contributed by atoms with Crippen LogP contribution >= 0.6 is 0 Å². The van der Waals surface area contributed by atoms with Gasteiger partial charge in [0.1, 0.15) is 20.5 Å². The second kappa shape index (κ2) is 9.97. The standard InChI is InChI=1S/C15H24BN3O3/c1-11(18-14(20)10-22-8-7-17-2)15(21)19-13-5-3-12(9-16)4-6-13/h3-6,11,17H,7-10,16H2,1-2H3,(H,18,20)(H,19,21). The Kier molecular flexibility index (Phi) is 8.24. The normalized spacial score (nSPS) is 11.7. The number of benzene rings is 1. The van der Waals surface area contributed by atoms with Crippen molar-refractivity contribution in [3.8, 4) is 0 Å². The summed E-state index contributed by atoms with van der Waals surface area (Å²) in [5.41, 5.74) is 1.92. The highest BCUT2D eigenvalue weighted by Crippen LogP contribution is 2.09. The Hall–Kier alpha value is -1.86. The highest BCUT2D eigenvalue weighted by atomic mass is 16.5. The number of hydrogen-bond donors (Lipinski definition) is 3. The van der Waals surface area contributed by atoms with Gasteiger partial charge in [-0.3, -0.25) is 9.59 Å². The SMILES string of the molecule is BCc1ccc(NC(=O)C(C)NC(=O)COCCNC)cc1. The van der Waals surface area contributed by atoms with Gasteiger partial charge in [0.2, 0.25) is 11.8 Å². The molecule has 120 valence electrons. The van der Waals surface area contributed by atoms with Crippen molar-refractivity contribution in [2.24, 2.45) is 0 Å². The number of carbonyl (C=O) groups is 2. The van der Waals surface area contributed by atoms with E-state index in [1.807, 2.05) is 31.3 Å². The summed E-state index contributed by atoms with van der Waals surface area (Å²) in [6.45, 7) is 2.72. The van der Waals surface area contributed by atoms with Crippen LogP contribution in [0.5, 0.6) is 0 Å². The molecule has 0 aromatic heterocycles. The summed E-state index contributed by atoms with van der Waals surface area (Å²) in [7, 11) is 3.88. The molecule has 0 saturated heterocycles. The van der Waals surface area contributed by atoms with Gasteiger partial charge in [0.05, 0.1) is 6.61 Å². The Morgan fingerprint density at radius 2 is 1.95 bits per heavy atom. The Morgan fingerprint density at radius 1 is 1.27 bits per heavy atom. The van der Waals surface area contributed by atoms with Gasteiger partial charge in [0.25, 0.3) is 0 Å². The van der Waals surface area contributed by atoms with E-state index in [0.29, 0.717) is 18.8 Å². The van der Waals surface area contributed by atoms with Crippen molar-refractivity contribution in [3.63, 3.8) is 0 Å². The van der Waals surface area contributed by atoms with E-state index in [9.17, 15) is 9.59 Å². The van der Waals surface area contributed by atoms with E-state index in [1.165, 1.54) is 5.56 Å². The van der Waals surface area contributed by atoms with Gasteiger partial charge in [0, 0.05) is 12.2 Å². The predicted octanol–water partition coefficient (Wildman–Crippen LogP) is -0.501. The van der Waals surface area contributed by atoms with Gasteiger partial charge in [-0.1, -0.05) is 24.0 Å². The monoisotopic (exact) mass is 305 g/mol. The Balaban J connectivity index is 2.35. The first-order chi connectivity index (χ1) is 10.6. The maximum atomic E-state index is 12.0. The maximum Gasteiger partial charge on any atom is 0.246 e.